The van der Waals surface area contributed by atoms with Crippen molar-refractivity contribution >= 4 is 38.8 Å². The highest BCUT2D eigenvalue weighted by Gasteiger charge is 2.33. The third-order valence-corrected chi connectivity index (χ3v) is 3.98. The number of rotatable bonds is 3. The van der Waals surface area contributed by atoms with E-state index in [9.17, 15) is 23.3 Å². The molecule has 1 N–H and O–H groups in total. The average Bonchev–Trinajstić information content (AvgIpc) is 2.90. The number of benzene rings is 2. The molecule has 1 heterocycles. The molecule has 0 aliphatic rings. The Labute approximate surface area is 131 Å². The SMILES string of the molecule is O=[N+]([O-])c1cc(C(F)(F)F)ccc1Nc1nsc2ccccc12. The molecule has 0 fully saturated rings. The number of nitro groups is 1. The lowest BCUT2D eigenvalue weighted by atomic mass is 10.1. The minimum Gasteiger partial charge on any atom is -0.333 e. The second-order valence-corrected chi connectivity index (χ2v) is 5.44. The molecular weight excluding hydrogens is 331 g/mol. The van der Waals surface area contributed by atoms with Crippen LogP contribution in [0.15, 0.2) is 42.5 Å². The van der Waals surface area contributed by atoms with Gasteiger partial charge >= 0.3 is 6.18 Å². The molecule has 0 radical (unpaired) electrons. The van der Waals surface area contributed by atoms with Crippen LogP contribution in [0.25, 0.3) is 10.1 Å². The number of hydrogen-bond donors (Lipinski definition) is 1. The van der Waals surface area contributed by atoms with E-state index in [4.69, 9.17) is 0 Å². The summed E-state index contributed by atoms with van der Waals surface area (Å²) in [6, 6.07) is 9.56. The zero-order chi connectivity index (χ0) is 16.6. The Hall–Kier alpha value is -2.68. The molecule has 0 spiro atoms. The largest absolute Gasteiger partial charge is 0.416 e. The highest BCUT2D eigenvalue weighted by atomic mass is 32.1. The molecule has 0 unspecified atom stereocenters. The van der Waals surface area contributed by atoms with Gasteiger partial charge in [-0.2, -0.15) is 17.5 Å². The van der Waals surface area contributed by atoms with Crippen molar-refractivity contribution < 1.29 is 18.1 Å². The van der Waals surface area contributed by atoms with Crippen molar-refractivity contribution in [3.05, 3.63) is 58.1 Å². The molecule has 1 aromatic heterocycles. The number of alkyl halides is 3. The van der Waals surface area contributed by atoms with E-state index in [2.05, 4.69) is 9.69 Å². The summed E-state index contributed by atoms with van der Waals surface area (Å²) in [6.07, 6.45) is -4.64. The van der Waals surface area contributed by atoms with E-state index in [1.165, 1.54) is 11.5 Å². The first-order valence-electron chi connectivity index (χ1n) is 6.33. The molecule has 118 valence electrons. The predicted molar refractivity (Wildman–Crippen MR) is 81.0 cm³/mol. The second kappa shape index (κ2) is 5.51. The van der Waals surface area contributed by atoms with Gasteiger partial charge in [0.2, 0.25) is 0 Å². The molecule has 5 nitrogen and oxygen atoms in total. The first-order chi connectivity index (χ1) is 10.9. The summed E-state index contributed by atoms with van der Waals surface area (Å²) in [6.45, 7) is 0. The van der Waals surface area contributed by atoms with Crippen LogP contribution in [0, 0.1) is 10.1 Å². The van der Waals surface area contributed by atoms with Gasteiger partial charge in [-0.3, -0.25) is 10.1 Å². The zero-order valence-corrected chi connectivity index (χ0v) is 12.1. The first-order valence-corrected chi connectivity index (χ1v) is 7.10. The topological polar surface area (TPSA) is 68.1 Å². The van der Waals surface area contributed by atoms with Crippen LogP contribution in [-0.2, 0) is 6.18 Å². The number of fused-ring (bicyclic) bond motifs is 1. The summed E-state index contributed by atoms with van der Waals surface area (Å²) in [4.78, 5) is 10.2. The summed E-state index contributed by atoms with van der Waals surface area (Å²) in [5, 5.41) is 14.6. The van der Waals surface area contributed by atoms with Gasteiger partial charge in [-0.25, -0.2) is 0 Å². The van der Waals surface area contributed by atoms with Crippen molar-refractivity contribution in [2.45, 2.75) is 6.18 Å². The standard InChI is InChI=1S/C14H8F3N3O2S/c15-14(16,17)8-5-6-10(11(7-8)20(21)22)18-13-9-3-1-2-4-12(9)23-19-13/h1-7H,(H,18,19). The van der Waals surface area contributed by atoms with Crippen LogP contribution < -0.4 is 5.32 Å². The van der Waals surface area contributed by atoms with Gasteiger partial charge in [0.15, 0.2) is 5.82 Å². The number of halogens is 3. The van der Waals surface area contributed by atoms with Crippen molar-refractivity contribution in [3.8, 4) is 0 Å². The first kappa shape index (κ1) is 15.2. The van der Waals surface area contributed by atoms with Crippen LogP contribution in [0.4, 0.5) is 30.4 Å². The number of aromatic nitrogens is 1. The molecule has 0 aliphatic carbocycles. The lowest BCUT2D eigenvalue weighted by Crippen LogP contribution is -2.06. The number of hydrogen-bond acceptors (Lipinski definition) is 5. The molecule has 0 atom stereocenters. The Morgan fingerprint density at radius 3 is 2.61 bits per heavy atom. The third kappa shape index (κ3) is 2.95. The zero-order valence-electron chi connectivity index (χ0n) is 11.3. The van der Waals surface area contributed by atoms with E-state index < -0.39 is 22.4 Å². The molecule has 0 saturated carbocycles. The Balaban J connectivity index is 2.04. The van der Waals surface area contributed by atoms with Crippen LogP contribution in [0.2, 0.25) is 0 Å². The Morgan fingerprint density at radius 2 is 1.91 bits per heavy atom. The van der Waals surface area contributed by atoms with E-state index >= 15 is 0 Å². The van der Waals surface area contributed by atoms with Gasteiger partial charge in [0.25, 0.3) is 5.69 Å². The number of nitrogens with zero attached hydrogens (tertiary/aromatic N) is 2. The molecular formula is C14H8F3N3O2S. The van der Waals surface area contributed by atoms with E-state index in [0.717, 1.165) is 22.2 Å². The summed E-state index contributed by atoms with van der Waals surface area (Å²) >= 11 is 1.19. The van der Waals surface area contributed by atoms with E-state index in [-0.39, 0.29) is 5.69 Å². The van der Waals surface area contributed by atoms with Crippen LogP contribution >= 0.6 is 11.5 Å². The Morgan fingerprint density at radius 1 is 1.17 bits per heavy atom. The van der Waals surface area contributed by atoms with E-state index in [1.807, 2.05) is 12.1 Å². The maximum absolute atomic E-state index is 12.7. The van der Waals surface area contributed by atoms with E-state index in [1.54, 1.807) is 12.1 Å². The molecule has 0 saturated heterocycles. The molecule has 0 amide bonds. The molecule has 0 bridgehead atoms. The van der Waals surface area contributed by atoms with Crippen molar-refractivity contribution in [3.63, 3.8) is 0 Å². The molecule has 2 aromatic carbocycles. The second-order valence-electron chi connectivity index (χ2n) is 4.64. The van der Waals surface area contributed by atoms with Gasteiger partial charge in [0, 0.05) is 11.5 Å². The fraction of sp³-hybridized carbons (Fsp3) is 0.0714. The molecule has 3 aromatic rings. The van der Waals surface area contributed by atoms with Crippen LogP contribution in [0.5, 0.6) is 0 Å². The highest BCUT2D eigenvalue weighted by Crippen LogP contribution is 2.37. The number of nitro benzene ring substituents is 1. The Kier molecular flexibility index (Phi) is 3.64. The number of nitrogens with one attached hydrogen (secondary N) is 1. The van der Waals surface area contributed by atoms with Crippen LogP contribution in [-0.4, -0.2) is 9.30 Å². The number of anilines is 2. The average molecular weight is 339 g/mol. The molecule has 3 rings (SSSR count). The highest BCUT2D eigenvalue weighted by molar-refractivity contribution is 7.13. The maximum atomic E-state index is 12.7. The lowest BCUT2D eigenvalue weighted by Gasteiger charge is -2.09. The van der Waals surface area contributed by atoms with E-state index in [0.29, 0.717) is 11.9 Å². The minimum atomic E-state index is -4.64. The lowest BCUT2D eigenvalue weighted by molar-refractivity contribution is -0.384. The molecule has 9 heteroatoms. The van der Waals surface area contributed by atoms with Crippen molar-refractivity contribution in [1.29, 1.82) is 0 Å². The monoisotopic (exact) mass is 339 g/mol. The van der Waals surface area contributed by atoms with Gasteiger partial charge in [-0.15, -0.1) is 0 Å². The normalized spacial score (nSPS) is 11.6. The van der Waals surface area contributed by atoms with Gasteiger partial charge < -0.3 is 5.32 Å². The van der Waals surface area contributed by atoms with Crippen molar-refractivity contribution in [1.82, 2.24) is 4.37 Å². The predicted octanol–water partition coefficient (Wildman–Crippen LogP) is 4.97. The van der Waals surface area contributed by atoms with Gasteiger partial charge in [0.1, 0.15) is 5.69 Å². The van der Waals surface area contributed by atoms with Crippen molar-refractivity contribution in [2.75, 3.05) is 5.32 Å². The molecule has 0 aliphatic heterocycles. The fourth-order valence-corrected chi connectivity index (χ4v) is 2.80. The van der Waals surface area contributed by atoms with Crippen LogP contribution in [0.3, 0.4) is 0 Å². The van der Waals surface area contributed by atoms with Crippen LogP contribution in [0.1, 0.15) is 5.56 Å². The van der Waals surface area contributed by atoms with Gasteiger partial charge in [0.05, 0.1) is 15.2 Å². The summed E-state index contributed by atoms with van der Waals surface area (Å²) in [7, 11) is 0. The minimum absolute atomic E-state index is 0.0425. The quantitative estimate of drug-likeness (QED) is 0.540. The van der Waals surface area contributed by atoms with Gasteiger partial charge in [-0.05, 0) is 35.8 Å². The van der Waals surface area contributed by atoms with Crippen molar-refractivity contribution in [2.24, 2.45) is 0 Å². The summed E-state index contributed by atoms with van der Waals surface area (Å²) in [5.41, 5.74) is -1.77. The summed E-state index contributed by atoms with van der Waals surface area (Å²) in [5.74, 6) is 0.369. The Bertz CT molecular complexity index is 892. The molecule has 23 heavy (non-hydrogen) atoms. The smallest absolute Gasteiger partial charge is 0.333 e. The third-order valence-electron chi connectivity index (χ3n) is 3.15. The fourth-order valence-electron chi connectivity index (χ4n) is 2.07. The van der Waals surface area contributed by atoms with Gasteiger partial charge in [-0.1, -0.05) is 12.1 Å². The maximum Gasteiger partial charge on any atom is 0.416 e. The summed E-state index contributed by atoms with van der Waals surface area (Å²) < 4.78 is 43.1.